The van der Waals surface area contributed by atoms with E-state index >= 15 is 0 Å². The Balaban J connectivity index is 2.37. The molecule has 1 atom stereocenters. The van der Waals surface area contributed by atoms with Gasteiger partial charge in [0, 0.05) is 25.4 Å². The summed E-state index contributed by atoms with van der Waals surface area (Å²) in [4.78, 5) is 18.5. The zero-order valence-corrected chi connectivity index (χ0v) is 8.68. The lowest BCUT2D eigenvalue weighted by molar-refractivity contribution is -0.138. The molecule has 1 heterocycles. The van der Waals surface area contributed by atoms with Crippen molar-refractivity contribution < 1.29 is 9.90 Å². The summed E-state index contributed by atoms with van der Waals surface area (Å²) in [5, 5.41) is 11.7. The van der Waals surface area contributed by atoms with Crippen LogP contribution in [-0.2, 0) is 4.79 Å². The lowest BCUT2D eigenvalue weighted by atomic mass is 10.0. The van der Waals surface area contributed by atoms with Crippen LogP contribution in [-0.4, -0.2) is 27.6 Å². The lowest BCUT2D eigenvalue weighted by Crippen LogP contribution is -2.18. The highest BCUT2D eigenvalue weighted by Crippen LogP contribution is 2.08. The highest BCUT2D eigenvalue weighted by molar-refractivity contribution is 5.67. The summed E-state index contributed by atoms with van der Waals surface area (Å²) in [5.74, 6) is -0.106. The Morgan fingerprint density at radius 3 is 2.73 bits per heavy atom. The van der Waals surface area contributed by atoms with Crippen LogP contribution in [0.1, 0.15) is 19.8 Å². The Hall–Kier alpha value is -1.65. The lowest BCUT2D eigenvalue weighted by Gasteiger charge is -2.12. The van der Waals surface area contributed by atoms with Gasteiger partial charge in [-0.05, 0) is 12.0 Å². The molecule has 5 heteroatoms. The molecule has 0 radical (unpaired) electrons. The molecule has 1 unspecified atom stereocenters. The van der Waals surface area contributed by atoms with Crippen LogP contribution in [0.2, 0.25) is 0 Å². The number of carboxylic acids is 1. The van der Waals surface area contributed by atoms with Crippen LogP contribution in [0, 0.1) is 5.92 Å². The van der Waals surface area contributed by atoms with E-state index in [2.05, 4.69) is 15.3 Å². The topological polar surface area (TPSA) is 75.1 Å². The first-order valence-electron chi connectivity index (χ1n) is 4.95. The smallest absolute Gasteiger partial charge is 0.303 e. The van der Waals surface area contributed by atoms with Gasteiger partial charge in [0.05, 0.1) is 0 Å². The summed E-state index contributed by atoms with van der Waals surface area (Å²) < 4.78 is 0. The van der Waals surface area contributed by atoms with E-state index in [9.17, 15) is 4.79 Å². The second-order valence-electron chi connectivity index (χ2n) is 3.33. The molecule has 1 aromatic rings. The van der Waals surface area contributed by atoms with Crippen LogP contribution < -0.4 is 5.32 Å². The van der Waals surface area contributed by atoms with Gasteiger partial charge in [0.15, 0.2) is 0 Å². The molecule has 0 aromatic carbocycles. The third-order valence-corrected chi connectivity index (χ3v) is 2.16. The Labute approximate surface area is 88.6 Å². The highest BCUT2D eigenvalue weighted by atomic mass is 16.4. The van der Waals surface area contributed by atoms with Crippen LogP contribution >= 0.6 is 0 Å². The van der Waals surface area contributed by atoms with Crippen molar-refractivity contribution in [3.63, 3.8) is 0 Å². The van der Waals surface area contributed by atoms with Crippen LogP contribution in [0.3, 0.4) is 0 Å². The summed E-state index contributed by atoms with van der Waals surface area (Å²) in [5.41, 5.74) is 0. The van der Waals surface area contributed by atoms with E-state index in [0.29, 0.717) is 12.5 Å². The van der Waals surface area contributed by atoms with E-state index < -0.39 is 5.97 Å². The van der Waals surface area contributed by atoms with Gasteiger partial charge in [0.25, 0.3) is 0 Å². The fourth-order valence-electron chi connectivity index (χ4n) is 1.23. The predicted molar refractivity (Wildman–Crippen MR) is 56.6 cm³/mol. The zero-order valence-electron chi connectivity index (χ0n) is 8.68. The van der Waals surface area contributed by atoms with Crippen molar-refractivity contribution in [2.24, 2.45) is 5.92 Å². The van der Waals surface area contributed by atoms with Gasteiger partial charge in [0.2, 0.25) is 5.95 Å². The van der Waals surface area contributed by atoms with Crippen molar-refractivity contribution in [3.8, 4) is 0 Å². The minimum absolute atomic E-state index is 0.117. The molecular formula is C10H15N3O2. The maximum absolute atomic E-state index is 10.5. The SMILES string of the molecule is CCC(CNc1ncccn1)CC(=O)O. The molecule has 1 aromatic heterocycles. The first kappa shape index (κ1) is 11.4. The van der Waals surface area contributed by atoms with Crippen molar-refractivity contribution in [1.29, 1.82) is 0 Å². The molecular weight excluding hydrogens is 194 g/mol. The van der Waals surface area contributed by atoms with Crippen molar-refractivity contribution in [2.45, 2.75) is 19.8 Å². The van der Waals surface area contributed by atoms with Gasteiger partial charge in [-0.25, -0.2) is 9.97 Å². The number of hydrogen-bond donors (Lipinski definition) is 2. The molecule has 0 spiro atoms. The van der Waals surface area contributed by atoms with Crippen molar-refractivity contribution >= 4 is 11.9 Å². The molecule has 0 saturated heterocycles. The number of nitrogens with one attached hydrogen (secondary N) is 1. The molecule has 5 nitrogen and oxygen atoms in total. The van der Waals surface area contributed by atoms with E-state index in [1.165, 1.54) is 0 Å². The van der Waals surface area contributed by atoms with Crippen molar-refractivity contribution in [3.05, 3.63) is 18.5 Å². The summed E-state index contributed by atoms with van der Waals surface area (Å²) >= 11 is 0. The van der Waals surface area contributed by atoms with E-state index in [-0.39, 0.29) is 12.3 Å². The number of anilines is 1. The fourth-order valence-corrected chi connectivity index (χ4v) is 1.23. The molecule has 0 fully saturated rings. The molecule has 0 aliphatic rings. The molecule has 2 N–H and O–H groups in total. The van der Waals surface area contributed by atoms with Gasteiger partial charge in [-0.3, -0.25) is 4.79 Å². The fraction of sp³-hybridized carbons (Fsp3) is 0.500. The van der Waals surface area contributed by atoms with Crippen LogP contribution in [0.5, 0.6) is 0 Å². The van der Waals surface area contributed by atoms with E-state index in [0.717, 1.165) is 6.42 Å². The average Bonchev–Trinajstić information content (AvgIpc) is 2.25. The Bertz CT molecular complexity index is 303. The first-order valence-corrected chi connectivity index (χ1v) is 4.95. The third kappa shape index (κ3) is 4.39. The number of hydrogen-bond acceptors (Lipinski definition) is 4. The second kappa shape index (κ2) is 5.95. The van der Waals surface area contributed by atoms with E-state index in [4.69, 9.17) is 5.11 Å². The standard InChI is InChI=1S/C10H15N3O2/c1-2-8(6-9(14)15)7-13-10-11-4-3-5-12-10/h3-5,8H,2,6-7H2,1H3,(H,14,15)(H,11,12,13). The van der Waals surface area contributed by atoms with Crippen molar-refractivity contribution in [1.82, 2.24) is 9.97 Å². The van der Waals surface area contributed by atoms with Crippen LogP contribution in [0.25, 0.3) is 0 Å². The van der Waals surface area contributed by atoms with Gasteiger partial charge in [-0.15, -0.1) is 0 Å². The maximum atomic E-state index is 10.5. The molecule has 0 aliphatic heterocycles. The monoisotopic (exact) mass is 209 g/mol. The molecule has 0 bridgehead atoms. The van der Waals surface area contributed by atoms with Crippen LogP contribution in [0.4, 0.5) is 5.95 Å². The number of aliphatic carboxylic acids is 1. The number of rotatable bonds is 6. The highest BCUT2D eigenvalue weighted by Gasteiger charge is 2.10. The largest absolute Gasteiger partial charge is 0.481 e. The summed E-state index contributed by atoms with van der Waals surface area (Å²) in [6.07, 6.45) is 4.30. The van der Waals surface area contributed by atoms with E-state index in [1.54, 1.807) is 18.5 Å². The van der Waals surface area contributed by atoms with E-state index in [1.807, 2.05) is 6.92 Å². The number of aromatic nitrogens is 2. The molecule has 0 amide bonds. The van der Waals surface area contributed by atoms with Gasteiger partial charge in [-0.2, -0.15) is 0 Å². The number of carbonyl (C=O) groups is 1. The third-order valence-electron chi connectivity index (χ3n) is 2.16. The molecule has 0 aliphatic carbocycles. The average molecular weight is 209 g/mol. The summed E-state index contributed by atoms with van der Waals surface area (Å²) in [7, 11) is 0. The predicted octanol–water partition coefficient (Wildman–Crippen LogP) is 1.39. The molecule has 82 valence electrons. The first-order chi connectivity index (χ1) is 7.22. The van der Waals surface area contributed by atoms with Gasteiger partial charge in [0.1, 0.15) is 0 Å². The van der Waals surface area contributed by atoms with Gasteiger partial charge < -0.3 is 10.4 Å². The van der Waals surface area contributed by atoms with Crippen LogP contribution in [0.15, 0.2) is 18.5 Å². The normalized spacial score (nSPS) is 12.1. The van der Waals surface area contributed by atoms with Crippen molar-refractivity contribution in [2.75, 3.05) is 11.9 Å². The molecule has 0 saturated carbocycles. The summed E-state index contributed by atoms with van der Waals surface area (Å²) in [6.45, 7) is 2.56. The number of carboxylic acid groups (broad SMARTS) is 1. The maximum Gasteiger partial charge on any atom is 0.303 e. The zero-order chi connectivity index (χ0) is 11.1. The quantitative estimate of drug-likeness (QED) is 0.740. The molecule has 1 rings (SSSR count). The Kier molecular flexibility index (Phi) is 4.53. The Morgan fingerprint density at radius 2 is 2.20 bits per heavy atom. The van der Waals surface area contributed by atoms with Gasteiger partial charge >= 0.3 is 5.97 Å². The minimum atomic E-state index is -0.766. The summed E-state index contributed by atoms with van der Waals surface area (Å²) in [6, 6.07) is 1.74. The minimum Gasteiger partial charge on any atom is -0.481 e. The second-order valence-corrected chi connectivity index (χ2v) is 3.33. The molecule has 15 heavy (non-hydrogen) atoms. The Morgan fingerprint density at radius 1 is 1.53 bits per heavy atom. The van der Waals surface area contributed by atoms with Gasteiger partial charge in [-0.1, -0.05) is 13.3 Å². The number of nitrogens with zero attached hydrogens (tertiary/aromatic N) is 2.